The van der Waals surface area contributed by atoms with E-state index in [0.29, 0.717) is 0 Å². The molecule has 1 aliphatic rings. The number of allylic oxidation sites excluding steroid dienone is 4. The quantitative estimate of drug-likeness (QED) is 0.158. The zero-order chi connectivity index (χ0) is 41.8. The van der Waals surface area contributed by atoms with E-state index in [0.717, 1.165) is 0 Å². The molecule has 0 spiro atoms. The van der Waals surface area contributed by atoms with Crippen LogP contribution in [-0.2, 0) is 0 Å². The summed E-state index contributed by atoms with van der Waals surface area (Å²) in [5.74, 6) is 0. The van der Waals surface area contributed by atoms with Gasteiger partial charge < -0.3 is 44.1 Å². The van der Waals surface area contributed by atoms with Gasteiger partial charge >= 0.3 is 0 Å². The standard InChI is InChI=1S/C45H73N9Si/c1-29-30(2)32(4)42(31(29)3)55(43-36(49(11)12)26-23-33(46(5)6)39(43)52(17)18,44-37(50(13)14)27-24-34(47(7)8)40(44)53(19)20)45-38(51(15)16)28-25-35(48(9)10)41(45)54(21)22/h23-28,42H,1-22H3. The van der Waals surface area contributed by atoms with Crippen LogP contribution in [0, 0.1) is 0 Å². The predicted octanol–water partition coefficient (Wildman–Crippen LogP) is 5.81. The van der Waals surface area contributed by atoms with E-state index in [9.17, 15) is 0 Å². The van der Waals surface area contributed by atoms with Gasteiger partial charge in [0.2, 0.25) is 0 Å². The summed E-state index contributed by atoms with van der Waals surface area (Å²) in [6.07, 6.45) is 0. The van der Waals surface area contributed by atoms with E-state index in [1.165, 1.54) is 89.0 Å². The molecule has 4 rings (SSSR count). The van der Waals surface area contributed by atoms with Crippen molar-refractivity contribution >= 4 is 74.8 Å². The fourth-order valence-electron chi connectivity index (χ4n) is 9.24. The molecule has 1 aliphatic carbocycles. The zero-order valence-corrected chi connectivity index (χ0v) is 39.6. The first-order chi connectivity index (χ1) is 25.5. The molecule has 0 heterocycles. The summed E-state index contributed by atoms with van der Waals surface area (Å²) in [6.45, 7) is 9.58. The molecule has 0 amide bonds. The molecule has 55 heavy (non-hydrogen) atoms. The summed E-state index contributed by atoms with van der Waals surface area (Å²) >= 11 is 0. The lowest BCUT2D eigenvalue weighted by Crippen LogP contribution is -2.73. The maximum Gasteiger partial charge on any atom is 0.175 e. The number of hydrogen-bond donors (Lipinski definition) is 0. The summed E-state index contributed by atoms with van der Waals surface area (Å²) in [4.78, 5) is 21.2. The topological polar surface area (TPSA) is 29.2 Å². The molecule has 0 bridgehead atoms. The minimum atomic E-state index is -3.52. The van der Waals surface area contributed by atoms with Crippen LogP contribution in [0.5, 0.6) is 0 Å². The highest BCUT2D eigenvalue weighted by Crippen LogP contribution is 2.53. The molecule has 3 aromatic rings. The summed E-state index contributed by atoms with van der Waals surface area (Å²) in [5.41, 5.74) is 17.0. The summed E-state index contributed by atoms with van der Waals surface area (Å²) < 4.78 is 0. The summed E-state index contributed by atoms with van der Waals surface area (Å²) in [7, 11) is 36.5. The van der Waals surface area contributed by atoms with Crippen molar-refractivity contribution in [2.24, 2.45) is 0 Å². The third kappa shape index (κ3) is 7.00. The molecule has 0 saturated carbocycles. The van der Waals surface area contributed by atoms with Crippen molar-refractivity contribution in [3.05, 3.63) is 58.7 Å². The molecule has 0 atom stereocenters. The van der Waals surface area contributed by atoms with E-state index in [1.807, 2.05) is 0 Å². The van der Waals surface area contributed by atoms with Gasteiger partial charge in [-0.15, -0.1) is 0 Å². The van der Waals surface area contributed by atoms with Crippen LogP contribution < -0.4 is 59.7 Å². The van der Waals surface area contributed by atoms with Gasteiger partial charge in [-0.2, -0.15) is 0 Å². The Morgan fingerprint density at radius 2 is 0.509 bits per heavy atom. The van der Waals surface area contributed by atoms with Crippen molar-refractivity contribution in [1.82, 2.24) is 0 Å². The Morgan fingerprint density at radius 3 is 0.691 bits per heavy atom. The third-order valence-electron chi connectivity index (χ3n) is 11.9. The molecule has 0 saturated heterocycles. The first-order valence-electron chi connectivity index (χ1n) is 19.4. The van der Waals surface area contributed by atoms with Crippen LogP contribution in [0.4, 0.5) is 51.2 Å². The Balaban J connectivity index is 2.81. The lowest BCUT2D eigenvalue weighted by atomic mass is 10.1. The van der Waals surface area contributed by atoms with Gasteiger partial charge in [0.15, 0.2) is 8.07 Å². The van der Waals surface area contributed by atoms with Crippen molar-refractivity contribution in [2.75, 3.05) is 171 Å². The molecule has 0 aliphatic heterocycles. The minimum Gasteiger partial charge on any atom is -0.378 e. The van der Waals surface area contributed by atoms with E-state index >= 15 is 0 Å². The van der Waals surface area contributed by atoms with Crippen LogP contribution >= 0.6 is 0 Å². The van der Waals surface area contributed by atoms with Crippen molar-refractivity contribution < 1.29 is 0 Å². The van der Waals surface area contributed by atoms with Crippen LogP contribution in [0.2, 0.25) is 5.54 Å². The fourth-order valence-corrected chi connectivity index (χ4v) is 16.9. The highest BCUT2D eigenvalue weighted by atomic mass is 28.3. The second-order valence-corrected chi connectivity index (χ2v) is 21.1. The number of benzene rings is 3. The molecular formula is C45H73N9Si. The molecule has 0 radical (unpaired) electrons. The zero-order valence-electron chi connectivity index (χ0n) is 38.6. The van der Waals surface area contributed by atoms with Gasteiger partial charge in [-0.1, -0.05) is 11.1 Å². The van der Waals surface area contributed by atoms with Crippen LogP contribution in [0.1, 0.15) is 27.7 Å². The number of hydrogen-bond acceptors (Lipinski definition) is 9. The van der Waals surface area contributed by atoms with Gasteiger partial charge in [-0.3, -0.25) is 0 Å². The Labute approximate surface area is 336 Å². The van der Waals surface area contributed by atoms with Crippen molar-refractivity contribution in [2.45, 2.75) is 33.2 Å². The molecule has 3 aromatic carbocycles. The normalized spacial score (nSPS) is 13.4. The van der Waals surface area contributed by atoms with Crippen molar-refractivity contribution in [3.63, 3.8) is 0 Å². The van der Waals surface area contributed by atoms with E-state index in [2.05, 4.69) is 235 Å². The predicted molar refractivity (Wildman–Crippen MR) is 253 cm³/mol. The minimum absolute atomic E-state index is 0.0898. The number of nitrogens with zero attached hydrogens (tertiary/aromatic N) is 9. The lowest BCUT2D eigenvalue weighted by Gasteiger charge is -2.50. The number of rotatable bonds is 13. The SMILES string of the molecule is CC1=C(C)C([Si](c2c(N(C)C)ccc(N(C)C)c2N(C)C)(c2c(N(C)C)ccc(N(C)C)c2N(C)C)c2c(N(C)C)ccc(N(C)C)c2N(C)C)C(C)=C1C. The average Bonchev–Trinajstić information content (AvgIpc) is 3.28. The van der Waals surface area contributed by atoms with Gasteiger partial charge in [0.05, 0.1) is 34.1 Å². The van der Waals surface area contributed by atoms with E-state index in [4.69, 9.17) is 0 Å². The number of anilines is 9. The van der Waals surface area contributed by atoms with Gasteiger partial charge in [-0.25, -0.2) is 0 Å². The largest absolute Gasteiger partial charge is 0.378 e. The molecule has 9 nitrogen and oxygen atoms in total. The molecule has 0 N–H and O–H groups in total. The molecular weight excluding hydrogens is 695 g/mol. The van der Waals surface area contributed by atoms with Crippen LogP contribution in [0.25, 0.3) is 0 Å². The van der Waals surface area contributed by atoms with Gasteiger partial charge in [0.1, 0.15) is 0 Å². The Morgan fingerprint density at radius 1 is 0.309 bits per heavy atom. The average molecular weight is 768 g/mol. The maximum atomic E-state index is 2.43. The molecule has 0 unspecified atom stereocenters. The fraction of sp³-hybridized carbons (Fsp3) is 0.511. The van der Waals surface area contributed by atoms with E-state index < -0.39 is 8.07 Å². The van der Waals surface area contributed by atoms with Crippen LogP contribution in [-0.4, -0.2) is 135 Å². The van der Waals surface area contributed by atoms with Crippen molar-refractivity contribution in [1.29, 1.82) is 0 Å². The Hall–Kier alpha value is -4.44. The highest BCUT2D eigenvalue weighted by Gasteiger charge is 2.58. The van der Waals surface area contributed by atoms with Gasteiger partial charge in [0.25, 0.3) is 0 Å². The second-order valence-electron chi connectivity index (χ2n) is 17.4. The smallest absolute Gasteiger partial charge is 0.175 e. The molecule has 0 fully saturated rings. The van der Waals surface area contributed by atoms with E-state index in [-0.39, 0.29) is 5.54 Å². The molecule has 0 aromatic heterocycles. The second kappa shape index (κ2) is 16.0. The maximum absolute atomic E-state index is 3.52. The monoisotopic (exact) mass is 768 g/mol. The molecule has 302 valence electrons. The third-order valence-corrected chi connectivity index (χ3v) is 17.4. The van der Waals surface area contributed by atoms with Crippen molar-refractivity contribution in [3.8, 4) is 0 Å². The summed E-state index contributed by atoms with van der Waals surface area (Å²) in [5, 5.41) is 4.26. The first-order valence-corrected chi connectivity index (χ1v) is 21.5. The summed E-state index contributed by atoms with van der Waals surface area (Å²) in [6, 6.07) is 14.2. The Bertz CT molecular complexity index is 1760. The van der Waals surface area contributed by atoms with Crippen LogP contribution in [0.15, 0.2) is 58.7 Å². The Kier molecular flexibility index (Phi) is 12.6. The lowest BCUT2D eigenvalue weighted by molar-refractivity contribution is 1.04. The molecule has 10 heteroatoms. The van der Waals surface area contributed by atoms with E-state index in [1.54, 1.807) is 0 Å². The van der Waals surface area contributed by atoms with Gasteiger partial charge in [0, 0.05) is 149 Å². The first kappa shape index (κ1) is 43.3. The van der Waals surface area contributed by atoms with Crippen LogP contribution in [0.3, 0.4) is 0 Å². The van der Waals surface area contributed by atoms with Gasteiger partial charge in [-0.05, 0) is 90.8 Å². The highest BCUT2D eigenvalue weighted by molar-refractivity contribution is 7.17.